The number of aromatic nitrogens is 1. The molecule has 5 N–H and O–H groups in total. The number of carbonyl (C=O) groups excluding carboxylic acids is 2. The summed E-state index contributed by atoms with van der Waals surface area (Å²) in [7, 11) is -4.12. The van der Waals surface area contributed by atoms with E-state index in [2.05, 4.69) is 15.0 Å². The average molecular weight is 465 g/mol. The zero-order valence-electron chi connectivity index (χ0n) is 16.6. The molecular weight excluding hydrogens is 446 g/mol. The Morgan fingerprint density at radius 1 is 1.09 bits per heavy atom. The van der Waals surface area contributed by atoms with Crippen LogP contribution in [0.5, 0.6) is 5.75 Å². The number of rotatable bonds is 10. The van der Waals surface area contributed by atoms with Gasteiger partial charge in [0.1, 0.15) is 17.0 Å². The van der Waals surface area contributed by atoms with Crippen LogP contribution in [0.4, 0.5) is 0 Å². The first-order valence-corrected chi connectivity index (χ1v) is 10.4. The normalized spacial score (nSPS) is 12.0. The molecule has 1 heterocycles. The number of aromatic carboxylic acids is 1. The number of aromatic hydroxyl groups is 1. The summed E-state index contributed by atoms with van der Waals surface area (Å²) in [5, 5.41) is 29.6. The van der Waals surface area contributed by atoms with Gasteiger partial charge < -0.3 is 20.6 Å². The van der Waals surface area contributed by atoms with Gasteiger partial charge in [0.25, 0.3) is 5.91 Å². The molecule has 0 aliphatic rings. The van der Waals surface area contributed by atoms with E-state index in [1.54, 1.807) is 0 Å². The van der Waals surface area contributed by atoms with Crippen molar-refractivity contribution < 1.29 is 42.9 Å². The molecule has 1 amide bonds. The number of ketones is 1. The van der Waals surface area contributed by atoms with E-state index in [4.69, 9.17) is 10.2 Å². The van der Waals surface area contributed by atoms with Gasteiger partial charge in [-0.25, -0.2) is 17.9 Å². The lowest BCUT2D eigenvalue weighted by molar-refractivity contribution is -0.139. The number of hydrogen-bond donors (Lipinski definition) is 5. The fraction of sp³-hybridized carbons (Fsp3) is 0.211. The van der Waals surface area contributed by atoms with E-state index in [0.717, 1.165) is 25.1 Å². The summed E-state index contributed by atoms with van der Waals surface area (Å²) in [4.78, 5) is 49.0. The Hall–Kier alpha value is -3.84. The van der Waals surface area contributed by atoms with Crippen LogP contribution in [0.2, 0.25) is 0 Å². The number of benzene rings is 1. The van der Waals surface area contributed by atoms with Crippen molar-refractivity contribution in [3.05, 3.63) is 53.3 Å². The minimum atomic E-state index is -4.12. The third-order valence-corrected chi connectivity index (χ3v) is 5.61. The number of Topliss-reactive ketones (excluding diaryl/α,β-unsaturated/α-hetero) is 1. The first-order valence-electron chi connectivity index (χ1n) is 8.94. The Balaban J connectivity index is 2.07. The fourth-order valence-corrected chi connectivity index (χ4v) is 3.53. The lowest BCUT2D eigenvalue weighted by Crippen LogP contribution is -2.41. The van der Waals surface area contributed by atoms with Gasteiger partial charge in [-0.2, -0.15) is 0 Å². The van der Waals surface area contributed by atoms with Gasteiger partial charge >= 0.3 is 11.9 Å². The second-order valence-corrected chi connectivity index (χ2v) is 8.36. The molecule has 0 saturated carbocycles. The smallest absolute Gasteiger partial charge is 0.339 e. The highest BCUT2D eigenvalue weighted by atomic mass is 32.2. The summed E-state index contributed by atoms with van der Waals surface area (Å²) >= 11 is 0. The van der Waals surface area contributed by atoms with Crippen LogP contribution in [0.1, 0.15) is 39.8 Å². The van der Waals surface area contributed by atoms with E-state index in [1.165, 1.54) is 18.3 Å². The number of aliphatic carboxylic acids is 1. The monoisotopic (exact) mass is 465 g/mol. The number of nitrogens with zero attached hydrogens (tertiary/aromatic N) is 1. The fourth-order valence-electron chi connectivity index (χ4n) is 2.48. The molecule has 0 unspecified atom stereocenters. The second kappa shape index (κ2) is 9.98. The molecule has 13 heteroatoms. The Bertz CT molecular complexity index is 1160. The standard InChI is InChI=1S/C19H19N3O9S/c1-10(23)15(7-17(25)26)22-18(27)14-4-2-11(8-20-14)9-21-32(30,31)12-3-5-16(24)13(6-12)19(28)29/h2-6,8,15,21,24H,7,9H2,1H3,(H,22,27)(H,25,26)(H,28,29)/t15-/m0/s1. The van der Waals surface area contributed by atoms with Crippen molar-refractivity contribution in [1.82, 2.24) is 15.0 Å². The molecule has 0 radical (unpaired) electrons. The lowest BCUT2D eigenvalue weighted by atomic mass is 10.1. The number of carboxylic acids is 2. The zero-order valence-corrected chi connectivity index (χ0v) is 17.4. The molecule has 0 aliphatic carbocycles. The predicted octanol–water partition coefficient (Wildman–Crippen LogP) is 0.126. The van der Waals surface area contributed by atoms with Crippen LogP contribution in [0.15, 0.2) is 41.4 Å². The summed E-state index contributed by atoms with van der Waals surface area (Å²) in [5.41, 5.74) is -0.328. The molecular formula is C19H19N3O9S. The summed E-state index contributed by atoms with van der Waals surface area (Å²) in [6.07, 6.45) is 0.624. The number of pyridine rings is 1. The molecule has 0 saturated heterocycles. The maximum atomic E-state index is 12.4. The first kappa shape index (κ1) is 24.4. The second-order valence-electron chi connectivity index (χ2n) is 6.59. The van der Waals surface area contributed by atoms with E-state index in [1.807, 2.05) is 0 Å². The number of amides is 1. The van der Waals surface area contributed by atoms with Crippen LogP contribution in [-0.2, 0) is 26.2 Å². The first-order chi connectivity index (χ1) is 14.9. The third-order valence-electron chi connectivity index (χ3n) is 4.21. The van der Waals surface area contributed by atoms with Crippen molar-refractivity contribution in [2.75, 3.05) is 0 Å². The van der Waals surface area contributed by atoms with E-state index < -0.39 is 57.4 Å². The van der Waals surface area contributed by atoms with Gasteiger partial charge in [-0.15, -0.1) is 0 Å². The van der Waals surface area contributed by atoms with Crippen molar-refractivity contribution in [3.63, 3.8) is 0 Å². The van der Waals surface area contributed by atoms with Crippen molar-refractivity contribution >= 4 is 33.7 Å². The van der Waals surface area contributed by atoms with Crippen LogP contribution in [0.25, 0.3) is 0 Å². The van der Waals surface area contributed by atoms with Gasteiger partial charge in [0.05, 0.1) is 17.4 Å². The molecule has 0 spiro atoms. The van der Waals surface area contributed by atoms with Crippen molar-refractivity contribution in [1.29, 1.82) is 0 Å². The highest BCUT2D eigenvalue weighted by Crippen LogP contribution is 2.21. The highest BCUT2D eigenvalue weighted by molar-refractivity contribution is 7.89. The van der Waals surface area contributed by atoms with Gasteiger partial charge in [-0.3, -0.25) is 19.4 Å². The molecule has 32 heavy (non-hydrogen) atoms. The minimum Gasteiger partial charge on any atom is -0.507 e. The van der Waals surface area contributed by atoms with Crippen molar-refractivity contribution in [2.24, 2.45) is 0 Å². The van der Waals surface area contributed by atoms with E-state index in [9.17, 15) is 32.7 Å². The van der Waals surface area contributed by atoms with Crippen molar-refractivity contribution in [3.8, 4) is 5.75 Å². The number of hydrogen-bond acceptors (Lipinski definition) is 8. The largest absolute Gasteiger partial charge is 0.507 e. The Kier molecular flexibility index (Phi) is 7.62. The summed E-state index contributed by atoms with van der Waals surface area (Å²) in [6, 6.07) is 4.25. The van der Waals surface area contributed by atoms with Crippen LogP contribution in [0, 0.1) is 0 Å². The third kappa shape index (κ3) is 6.33. The summed E-state index contributed by atoms with van der Waals surface area (Å²) < 4.78 is 27.0. The van der Waals surface area contributed by atoms with E-state index in [-0.39, 0.29) is 17.1 Å². The molecule has 0 aliphatic heterocycles. The molecule has 1 aromatic carbocycles. The molecule has 170 valence electrons. The molecule has 12 nitrogen and oxygen atoms in total. The molecule has 2 rings (SSSR count). The number of carboxylic acid groups (broad SMARTS) is 2. The molecule has 0 bridgehead atoms. The SMILES string of the molecule is CC(=O)[C@H](CC(=O)O)NC(=O)c1ccc(CNS(=O)(=O)c2ccc(O)c(C(=O)O)c2)cn1. The predicted molar refractivity (Wildman–Crippen MR) is 108 cm³/mol. The van der Waals surface area contributed by atoms with Crippen molar-refractivity contribution in [2.45, 2.75) is 30.8 Å². The quantitative estimate of drug-likeness (QED) is 0.321. The Morgan fingerprint density at radius 3 is 2.31 bits per heavy atom. The maximum absolute atomic E-state index is 12.4. The molecule has 0 fully saturated rings. The van der Waals surface area contributed by atoms with Crippen LogP contribution in [-0.4, -0.2) is 58.4 Å². The summed E-state index contributed by atoms with van der Waals surface area (Å²) in [6.45, 7) is 0.902. The molecule has 2 aromatic rings. The number of phenols is 1. The molecule has 1 aromatic heterocycles. The van der Waals surface area contributed by atoms with Gasteiger partial charge in [-0.1, -0.05) is 6.07 Å². The minimum absolute atomic E-state index is 0.113. The van der Waals surface area contributed by atoms with Crippen LogP contribution in [0.3, 0.4) is 0 Å². The maximum Gasteiger partial charge on any atom is 0.339 e. The van der Waals surface area contributed by atoms with Gasteiger partial charge in [0.15, 0.2) is 5.78 Å². The Labute approximate surface area is 182 Å². The number of carbonyl (C=O) groups is 4. The number of sulfonamides is 1. The topological polar surface area (TPSA) is 200 Å². The lowest BCUT2D eigenvalue weighted by Gasteiger charge is -2.13. The molecule has 1 atom stereocenters. The van der Waals surface area contributed by atoms with E-state index in [0.29, 0.717) is 5.56 Å². The van der Waals surface area contributed by atoms with Gasteiger partial charge in [0.2, 0.25) is 10.0 Å². The van der Waals surface area contributed by atoms with Crippen LogP contribution >= 0.6 is 0 Å². The average Bonchev–Trinajstić information content (AvgIpc) is 2.71. The van der Waals surface area contributed by atoms with Gasteiger partial charge in [-0.05, 0) is 36.8 Å². The Morgan fingerprint density at radius 2 is 1.78 bits per heavy atom. The highest BCUT2D eigenvalue weighted by Gasteiger charge is 2.22. The van der Waals surface area contributed by atoms with Crippen LogP contribution < -0.4 is 10.0 Å². The zero-order chi connectivity index (χ0) is 24.1. The van der Waals surface area contributed by atoms with Gasteiger partial charge in [0, 0.05) is 12.7 Å². The van der Waals surface area contributed by atoms with E-state index >= 15 is 0 Å². The summed E-state index contributed by atoms with van der Waals surface area (Å²) in [5.74, 6) is -4.64. The number of nitrogens with one attached hydrogen (secondary N) is 2.